The molecule has 1 N–H and O–H groups in total. The van der Waals surface area contributed by atoms with Gasteiger partial charge >= 0.3 is 0 Å². The Morgan fingerprint density at radius 2 is 1.73 bits per heavy atom. The lowest BCUT2D eigenvalue weighted by molar-refractivity contribution is -0.134. The zero-order valence-corrected chi connectivity index (χ0v) is 23.7. The number of thioether (sulfide) groups is 1. The topological polar surface area (TPSA) is 93.5 Å². The number of carbonyl (C=O) groups is 3. The number of hydrogen-bond donors (Lipinski definition) is 1. The number of benzene rings is 3. The first kappa shape index (κ1) is 27.1. The van der Waals surface area contributed by atoms with Crippen LogP contribution in [0.3, 0.4) is 0 Å². The molecule has 1 unspecified atom stereocenters. The Balaban J connectivity index is 1.12. The summed E-state index contributed by atoms with van der Waals surface area (Å²) in [6.45, 7) is 1.24. The first-order valence-electron chi connectivity index (χ1n) is 14.0. The van der Waals surface area contributed by atoms with Gasteiger partial charge in [0, 0.05) is 61.0 Å². The van der Waals surface area contributed by atoms with Crippen LogP contribution in [0.5, 0.6) is 5.75 Å². The van der Waals surface area contributed by atoms with Gasteiger partial charge in [-0.3, -0.25) is 24.4 Å². The number of nitrogens with zero attached hydrogens (tertiary/aromatic N) is 3. The third kappa shape index (κ3) is 5.72. The van der Waals surface area contributed by atoms with Crippen molar-refractivity contribution in [2.45, 2.75) is 48.4 Å². The van der Waals surface area contributed by atoms with Crippen LogP contribution in [0.4, 0.5) is 0 Å². The second-order valence-corrected chi connectivity index (χ2v) is 11.6. The Morgan fingerprint density at radius 1 is 0.976 bits per heavy atom. The molecule has 2 aliphatic rings. The Kier molecular flexibility index (Phi) is 7.78. The van der Waals surface area contributed by atoms with Crippen LogP contribution in [0.15, 0.2) is 77.7 Å². The average Bonchev–Trinajstić information content (AvgIpc) is 3.33. The van der Waals surface area contributed by atoms with Crippen LogP contribution in [0.2, 0.25) is 0 Å². The summed E-state index contributed by atoms with van der Waals surface area (Å²) >= 11 is 1.73. The highest BCUT2D eigenvalue weighted by molar-refractivity contribution is 7.98. The van der Waals surface area contributed by atoms with Crippen molar-refractivity contribution in [2.24, 2.45) is 7.05 Å². The van der Waals surface area contributed by atoms with Crippen molar-refractivity contribution in [1.29, 1.82) is 0 Å². The van der Waals surface area contributed by atoms with Gasteiger partial charge in [-0.05, 0) is 36.2 Å². The van der Waals surface area contributed by atoms with Crippen LogP contribution in [-0.2, 0) is 22.4 Å². The number of ether oxygens (including phenoxy) is 1. The molecule has 2 fully saturated rings. The number of nitrogens with one attached hydrogen (secondary N) is 1. The van der Waals surface area contributed by atoms with Crippen LogP contribution in [0, 0.1) is 0 Å². The minimum Gasteiger partial charge on any atom is -0.488 e. The summed E-state index contributed by atoms with van der Waals surface area (Å²) in [4.78, 5) is 40.8. The maximum atomic E-state index is 13.5. The molecule has 3 heterocycles. The molecule has 3 amide bonds. The van der Waals surface area contributed by atoms with E-state index in [9.17, 15) is 14.4 Å². The molecule has 2 saturated heterocycles. The monoisotopic (exact) mass is 568 g/mol. The zero-order chi connectivity index (χ0) is 28.3. The summed E-state index contributed by atoms with van der Waals surface area (Å²) in [5.41, 5.74) is 3.30. The van der Waals surface area contributed by atoms with Gasteiger partial charge in [-0.2, -0.15) is 5.10 Å². The van der Waals surface area contributed by atoms with Gasteiger partial charge in [0.25, 0.3) is 5.91 Å². The molecule has 0 spiro atoms. The van der Waals surface area contributed by atoms with Crippen molar-refractivity contribution >= 4 is 40.4 Å². The predicted octanol–water partition coefficient (Wildman–Crippen LogP) is 5.07. The largest absolute Gasteiger partial charge is 0.488 e. The molecule has 0 aliphatic carbocycles. The Labute approximate surface area is 243 Å². The van der Waals surface area contributed by atoms with Gasteiger partial charge in [0.2, 0.25) is 11.8 Å². The van der Waals surface area contributed by atoms with Crippen molar-refractivity contribution in [1.82, 2.24) is 20.0 Å². The SMILES string of the molecule is Cn1nc(C2CCC(=O)NC2=O)c2cccc(OC3CCN(C(=O)c4ccccc4CSc4ccccc4)CC3)c21. The van der Waals surface area contributed by atoms with Gasteiger partial charge < -0.3 is 9.64 Å². The van der Waals surface area contributed by atoms with E-state index in [0.29, 0.717) is 37.4 Å². The number of aryl methyl sites for hydroxylation is 1. The molecule has 210 valence electrons. The number of carbonyl (C=O) groups excluding carboxylic acids is 3. The van der Waals surface area contributed by atoms with Crippen LogP contribution in [0.1, 0.15) is 53.2 Å². The van der Waals surface area contributed by atoms with Crippen molar-refractivity contribution in [2.75, 3.05) is 13.1 Å². The number of imide groups is 1. The van der Waals surface area contributed by atoms with E-state index >= 15 is 0 Å². The van der Waals surface area contributed by atoms with Gasteiger partial charge in [0.1, 0.15) is 17.4 Å². The van der Waals surface area contributed by atoms with Crippen molar-refractivity contribution in [3.05, 3.63) is 89.6 Å². The maximum Gasteiger partial charge on any atom is 0.254 e. The van der Waals surface area contributed by atoms with Crippen LogP contribution in [0.25, 0.3) is 10.9 Å². The van der Waals surface area contributed by atoms with Crippen molar-refractivity contribution in [3.8, 4) is 5.75 Å². The molecular formula is C32H32N4O4S. The molecule has 2 aliphatic heterocycles. The van der Waals surface area contributed by atoms with Gasteiger partial charge in [0.15, 0.2) is 0 Å². The van der Waals surface area contributed by atoms with E-state index in [4.69, 9.17) is 4.74 Å². The lowest BCUT2D eigenvalue weighted by Crippen LogP contribution is -2.42. The van der Waals surface area contributed by atoms with E-state index in [0.717, 1.165) is 40.6 Å². The normalized spacial score (nSPS) is 18.0. The maximum absolute atomic E-state index is 13.5. The summed E-state index contributed by atoms with van der Waals surface area (Å²) in [7, 11) is 1.85. The number of hydrogen-bond acceptors (Lipinski definition) is 6. The molecule has 9 heteroatoms. The summed E-state index contributed by atoms with van der Waals surface area (Å²) in [5.74, 6) is 0.509. The van der Waals surface area contributed by atoms with Crippen LogP contribution >= 0.6 is 11.8 Å². The summed E-state index contributed by atoms with van der Waals surface area (Å²) < 4.78 is 8.24. The smallest absolute Gasteiger partial charge is 0.254 e. The first-order chi connectivity index (χ1) is 20.0. The molecule has 3 aromatic carbocycles. The average molecular weight is 569 g/mol. The number of likely N-dealkylation sites (tertiary alicyclic amines) is 1. The fourth-order valence-corrected chi connectivity index (χ4v) is 6.62. The molecule has 0 bridgehead atoms. The molecule has 0 saturated carbocycles. The fourth-order valence-electron chi connectivity index (χ4n) is 5.69. The summed E-state index contributed by atoms with van der Waals surface area (Å²) in [6, 6.07) is 23.9. The second kappa shape index (κ2) is 11.8. The second-order valence-electron chi connectivity index (χ2n) is 10.5. The standard InChI is InChI=1S/C32H32N4O4S/c1-35-30-25(29(34-35)26-14-15-28(37)33-31(26)38)12-7-13-27(30)40-22-16-18-36(19-17-22)32(39)24-11-6-5-8-21(24)20-41-23-9-3-2-4-10-23/h2-13,22,26H,14-20H2,1H3,(H,33,37,38). The number of para-hydroxylation sites is 1. The van der Waals surface area contributed by atoms with E-state index < -0.39 is 5.92 Å². The Bertz CT molecular complexity index is 1590. The van der Waals surface area contributed by atoms with E-state index in [1.807, 2.05) is 72.6 Å². The van der Waals surface area contributed by atoms with E-state index in [1.54, 1.807) is 16.4 Å². The number of piperidine rings is 2. The summed E-state index contributed by atoms with van der Waals surface area (Å²) in [5, 5.41) is 7.96. The molecule has 4 aromatic rings. The highest BCUT2D eigenvalue weighted by atomic mass is 32.2. The van der Waals surface area contributed by atoms with Gasteiger partial charge in [-0.25, -0.2) is 0 Å². The van der Waals surface area contributed by atoms with Crippen LogP contribution in [-0.4, -0.2) is 51.6 Å². The van der Waals surface area contributed by atoms with Gasteiger partial charge in [-0.15, -0.1) is 11.8 Å². The minimum atomic E-state index is -0.463. The highest BCUT2D eigenvalue weighted by Crippen LogP contribution is 2.35. The molecular weight excluding hydrogens is 536 g/mol. The van der Waals surface area contributed by atoms with Crippen molar-refractivity contribution < 1.29 is 19.1 Å². The first-order valence-corrected chi connectivity index (χ1v) is 15.0. The van der Waals surface area contributed by atoms with Crippen molar-refractivity contribution in [3.63, 3.8) is 0 Å². The highest BCUT2D eigenvalue weighted by Gasteiger charge is 2.32. The van der Waals surface area contributed by atoms with Crippen LogP contribution < -0.4 is 10.1 Å². The number of amides is 3. The molecule has 1 aromatic heterocycles. The van der Waals surface area contributed by atoms with E-state index in [2.05, 4.69) is 22.5 Å². The lowest BCUT2D eigenvalue weighted by Gasteiger charge is -2.32. The fraction of sp³-hybridized carbons (Fsp3) is 0.312. The minimum absolute atomic E-state index is 0.0394. The molecule has 41 heavy (non-hydrogen) atoms. The Morgan fingerprint density at radius 3 is 2.51 bits per heavy atom. The van der Waals surface area contributed by atoms with Gasteiger partial charge in [-0.1, -0.05) is 48.5 Å². The quantitative estimate of drug-likeness (QED) is 0.247. The summed E-state index contributed by atoms with van der Waals surface area (Å²) in [6.07, 6.45) is 2.16. The number of rotatable bonds is 7. The molecule has 1 atom stereocenters. The molecule has 8 nitrogen and oxygen atoms in total. The molecule has 0 radical (unpaired) electrons. The van der Waals surface area contributed by atoms with E-state index in [-0.39, 0.29) is 23.8 Å². The van der Waals surface area contributed by atoms with E-state index in [1.165, 1.54) is 4.90 Å². The van der Waals surface area contributed by atoms with Gasteiger partial charge in [0.05, 0.1) is 11.6 Å². The number of aromatic nitrogens is 2. The predicted molar refractivity (Wildman–Crippen MR) is 158 cm³/mol. The third-order valence-corrected chi connectivity index (χ3v) is 8.89. The Hall–Kier alpha value is -4.11. The number of fused-ring (bicyclic) bond motifs is 1. The molecule has 6 rings (SSSR count). The lowest BCUT2D eigenvalue weighted by atomic mass is 9.93. The zero-order valence-electron chi connectivity index (χ0n) is 22.9. The third-order valence-electron chi connectivity index (χ3n) is 7.83.